The van der Waals surface area contributed by atoms with Gasteiger partial charge in [-0.05, 0) is 50.7 Å². The Morgan fingerprint density at radius 1 is 1.30 bits per heavy atom. The number of benzene rings is 1. The third kappa shape index (κ3) is 7.05. The summed E-state index contributed by atoms with van der Waals surface area (Å²) in [6.07, 6.45) is 4.19. The molecule has 0 aromatic heterocycles. The van der Waals surface area contributed by atoms with Gasteiger partial charge in [0.15, 0.2) is 11.5 Å². The number of hydrogen-bond acceptors (Lipinski definition) is 5. The first-order valence-corrected chi connectivity index (χ1v) is 9.78. The highest BCUT2D eigenvalue weighted by molar-refractivity contribution is 6.32. The highest BCUT2D eigenvalue weighted by Crippen LogP contribution is 2.36. The molecular weight excluding hydrogens is 366 g/mol. The van der Waals surface area contributed by atoms with Crippen LogP contribution in [0.25, 0.3) is 6.08 Å². The number of carbonyl (C=O) groups is 1. The molecule has 7 heteroatoms. The van der Waals surface area contributed by atoms with Crippen LogP contribution >= 0.6 is 11.6 Å². The van der Waals surface area contributed by atoms with Crippen LogP contribution in [0.5, 0.6) is 11.5 Å². The van der Waals surface area contributed by atoms with Gasteiger partial charge in [-0.25, -0.2) is 0 Å². The molecule has 1 aromatic rings. The monoisotopic (exact) mass is 395 g/mol. The molecule has 1 aliphatic rings. The van der Waals surface area contributed by atoms with Gasteiger partial charge in [-0.3, -0.25) is 4.79 Å². The van der Waals surface area contributed by atoms with Gasteiger partial charge < -0.3 is 24.6 Å². The molecule has 6 nitrogen and oxygen atoms in total. The number of piperazine rings is 1. The third-order valence-electron chi connectivity index (χ3n) is 4.51. The zero-order valence-corrected chi connectivity index (χ0v) is 17.2. The third-order valence-corrected chi connectivity index (χ3v) is 4.79. The topological polar surface area (TPSA) is 54.0 Å². The molecule has 0 atom stereocenters. The Hall–Kier alpha value is -1.76. The number of likely N-dealkylation sites (N-methyl/N-ethyl adjacent to an activating group) is 1. The molecule has 0 saturated carbocycles. The summed E-state index contributed by atoms with van der Waals surface area (Å²) in [7, 11) is 3.70. The van der Waals surface area contributed by atoms with Crippen molar-refractivity contribution < 1.29 is 14.3 Å². The number of methoxy groups -OCH3 is 1. The maximum absolute atomic E-state index is 12.0. The molecule has 0 bridgehead atoms. The van der Waals surface area contributed by atoms with Gasteiger partial charge in [-0.15, -0.1) is 0 Å². The first-order chi connectivity index (χ1) is 13.0. The number of halogens is 1. The summed E-state index contributed by atoms with van der Waals surface area (Å²) < 4.78 is 10.8. The predicted octanol–water partition coefficient (Wildman–Crippen LogP) is 2.51. The number of carbonyl (C=O) groups excluding carboxylic acids is 1. The Balaban J connectivity index is 1.78. The van der Waals surface area contributed by atoms with Crippen molar-refractivity contribution >= 4 is 23.6 Å². The van der Waals surface area contributed by atoms with Gasteiger partial charge in [0, 0.05) is 38.8 Å². The maximum atomic E-state index is 12.0. The van der Waals surface area contributed by atoms with Gasteiger partial charge in [0.05, 0.1) is 18.7 Å². The lowest BCUT2D eigenvalue weighted by Crippen LogP contribution is -2.45. The van der Waals surface area contributed by atoms with Crippen molar-refractivity contribution in [1.82, 2.24) is 15.1 Å². The highest BCUT2D eigenvalue weighted by atomic mass is 35.5. The number of nitrogens with one attached hydrogen (secondary N) is 1. The smallest absolute Gasteiger partial charge is 0.243 e. The predicted molar refractivity (Wildman–Crippen MR) is 110 cm³/mol. The minimum Gasteiger partial charge on any atom is -0.491 e. The largest absolute Gasteiger partial charge is 0.491 e. The molecule has 0 spiro atoms. The van der Waals surface area contributed by atoms with Crippen LogP contribution in [0.2, 0.25) is 5.02 Å². The number of rotatable bonds is 9. The van der Waals surface area contributed by atoms with E-state index in [0.717, 1.165) is 44.7 Å². The lowest BCUT2D eigenvalue weighted by Gasteiger charge is -2.32. The molecule has 1 fully saturated rings. The first-order valence-electron chi connectivity index (χ1n) is 9.40. The number of nitrogens with zero attached hydrogens (tertiary/aromatic N) is 2. The minimum absolute atomic E-state index is 0.113. The second kappa shape index (κ2) is 11.2. The van der Waals surface area contributed by atoms with E-state index in [1.165, 1.54) is 6.08 Å². The molecular formula is C20H30ClN3O3. The van der Waals surface area contributed by atoms with E-state index in [1.807, 2.05) is 13.0 Å². The fourth-order valence-corrected chi connectivity index (χ4v) is 3.26. The molecule has 1 N–H and O–H groups in total. The standard InChI is InChI=1S/C20H30ClN3O3/c1-4-27-18-15-16(14-17(21)20(18)26-3)6-7-19(25)22-8-5-9-24-12-10-23(2)11-13-24/h6-7,14-15H,4-5,8-13H2,1-3H3,(H,22,25)/b7-6+. The summed E-state index contributed by atoms with van der Waals surface area (Å²) in [4.78, 5) is 16.8. The highest BCUT2D eigenvalue weighted by Gasteiger charge is 2.13. The fraction of sp³-hybridized carbons (Fsp3) is 0.550. The Morgan fingerprint density at radius 3 is 2.70 bits per heavy atom. The molecule has 1 saturated heterocycles. The quantitative estimate of drug-likeness (QED) is 0.514. The lowest BCUT2D eigenvalue weighted by atomic mass is 10.2. The van der Waals surface area contributed by atoms with Gasteiger partial charge in [0.1, 0.15) is 0 Å². The number of hydrogen-bond donors (Lipinski definition) is 1. The van der Waals surface area contributed by atoms with Crippen molar-refractivity contribution in [2.24, 2.45) is 0 Å². The molecule has 1 aliphatic heterocycles. The van der Waals surface area contributed by atoms with Crippen LogP contribution in [0.4, 0.5) is 0 Å². The molecule has 1 heterocycles. The lowest BCUT2D eigenvalue weighted by molar-refractivity contribution is -0.116. The second-order valence-corrected chi connectivity index (χ2v) is 7.00. The van der Waals surface area contributed by atoms with Gasteiger partial charge in [0.2, 0.25) is 5.91 Å². The zero-order chi connectivity index (χ0) is 19.6. The van der Waals surface area contributed by atoms with Crippen molar-refractivity contribution in [3.8, 4) is 11.5 Å². The summed E-state index contributed by atoms with van der Waals surface area (Å²) in [5.41, 5.74) is 0.789. The Morgan fingerprint density at radius 2 is 2.04 bits per heavy atom. The van der Waals surface area contributed by atoms with E-state index in [1.54, 1.807) is 19.3 Å². The maximum Gasteiger partial charge on any atom is 0.243 e. The van der Waals surface area contributed by atoms with E-state index in [-0.39, 0.29) is 5.91 Å². The van der Waals surface area contributed by atoms with Crippen molar-refractivity contribution in [1.29, 1.82) is 0 Å². The van der Waals surface area contributed by atoms with E-state index >= 15 is 0 Å². The molecule has 1 aromatic carbocycles. The van der Waals surface area contributed by atoms with E-state index in [0.29, 0.717) is 29.7 Å². The summed E-state index contributed by atoms with van der Waals surface area (Å²) >= 11 is 6.22. The average Bonchev–Trinajstić information content (AvgIpc) is 2.65. The summed E-state index contributed by atoms with van der Waals surface area (Å²) in [6.45, 7) is 8.52. The van der Waals surface area contributed by atoms with Crippen LogP contribution < -0.4 is 14.8 Å². The molecule has 0 radical (unpaired) electrons. The molecule has 27 heavy (non-hydrogen) atoms. The molecule has 2 rings (SSSR count). The van der Waals surface area contributed by atoms with Gasteiger partial charge in [-0.1, -0.05) is 11.6 Å². The first kappa shape index (κ1) is 21.5. The van der Waals surface area contributed by atoms with Crippen LogP contribution in [0, 0.1) is 0 Å². The SMILES string of the molecule is CCOc1cc(/C=C/C(=O)NCCCN2CCN(C)CC2)cc(Cl)c1OC. The molecule has 0 aliphatic carbocycles. The zero-order valence-electron chi connectivity index (χ0n) is 16.5. The van der Waals surface area contributed by atoms with E-state index in [2.05, 4.69) is 22.2 Å². The van der Waals surface area contributed by atoms with Crippen LogP contribution in [-0.2, 0) is 4.79 Å². The average molecular weight is 396 g/mol. The van der Waals surface area contributed by atoms with E-state index in [4.69, 9.17) is 21.1 Å². The second-order valence-electron chi connectivity index (χ2n) is 6.59. The van der Waals surface area contributed by atoms with Gasteiger partial charge in [-0.2, -0.15) is 0 Å². The Kier molecular flexibility index (Phi) is 8.91. The number of ether oxygens (including phenoxy) is 2. The van der Waals surface area contributed by atoms with Crippen molar-refractivity contribution in [3.63, 3.8) is 0 Å². The van der Waals surface area contributed by atoms with Crippen molar-refractivity contribution in [2.75, 3.05) is 60.0 Å². The van der Waals surface area contributed by atoms with Crippen LogP contribution in [0.15, 0.2) is 18.2 Å². The van der Waals surface area contributed by atoms with E-state index in [9.17, 15) is 4.79 Å². The van der Waals surface area contributed by atoms with E-state index < -0.39 is 0 Å². The van der Waals surface area contributed by atoms with Crippen molar-refractivity contribution in [2.45, 2.75) is 13.3 Å². The fourth-order valence-electron chi connectivity index (χ4n) is 2.96. The van der Waals surface area contributed by atoms with Crippen LogP contribution in [0.1, 0.15) is 18.9 Å². The Bertz CT molecular complexity index is 644. The number of amides is 1. The van der Waals surface area contributed by atoms with Gasteiger partial charge in [0.25, 0.3) is 0 Å². The van der Waals surface area contributed by atoms with Crippen LogP contribution in [-0.4, -0.2) is 75.7 Å². The molecule has 0 unspecified atom stereocenters. The summed E-state index contributed by atoms with van der Waals surface area (Å²) in [5, 5.41) is 3.38. The minimum atomic E-state index is -0.113. The van der Waals surface area contributed by atoms with Crippen molar-refractivity contribution in [3.05, 3.63) is 28.8 Å². The summed E-state index contributed by atoms with van der Waals surface area (Å²) in [6, 6.07) is 3.56. The molecule has 1 amide bonds. The van der Waals surface area contributed by atoms with Gasteiger partial charge >= 0.3 is 0 Å². The Labute approximate surface area is 167 Å². The van der Waals surface area contributed by atoms with Crippen LogP contribution in [0.3, 0.4) is 0 Å². The summed E-state index contributed by atoms with van der Waals surface area (Å²) in [5.74, 6) is 0.960. The normalized spacial score (nSPS) is 15.9. The molecule has 150 valence electrons.